The Balaban J connectivity index is 1.26. The van der Waals surface area contributed by atoms with Gasteiger partial charge >= 0.3 is 0 Å². The van der Waals surface area contributed by atoms with E-state index in [1.165, 1.54) is 18.4 Å². The van der Waals surface area contributed by atoms with Crippen molar-refractivity contribution in [3.63, 3.8) is 0 Å². The molecule has 1 atom stereocenters. The molecule has 3 heterocycles. The first kappa shape index (κ1) is 18.7. The predicted octanol–water partition coefficient (Wildman–Crippen LogP) is 3.18. The van der Waals surface area contributed by atoms with E-state index in [4.69, 9.17) is 0 Å². The van der Waals surface area contributed by atoms with Crippen LogP contribution in [0.1, 0.15) is 35.6 Å². The number of pyridine rings is 1. The summed E-state index contributed by atoms with van der Waals surface area (Å²) in [6.07, 6.45) is 6.60. The van der Waals surface area contributed by atoms with Crippen LogP contribution in [0.2, 0.25) is 0 Å². The molecule has 5 heteroatoms. The monoisotopic (exact) mass is 376 g/mol. The highest BCUT2D eigenvalue weighted by molar-refractivity contribution is 5.78. The number of fused-ring (bicyclic) bond motifs is 1. The maximum absolute atomic E-state index is 12.4. The molecule has 4 rings (SSSR count). The predicted molar refractivity (Wildman–Crippen MR) is 111 cm³/mol. The Morgan fingerprint density at radius 2 is 2.07 bits per heavy atom. The SMILES string of the molecule is Cc1cccn2c(CC(=O)NCCN3CCC[C@@H](c4ccccc4)C3)cnc12. The number of nitrogens with zero attached hydrogens (tertiary/aromatic N) is 3. The fraction of sp³-hybridized carbons (Fsp3) is 0.391. The average molecular weight is 377 g/mol. The van der Waals surface area contributed by atoms with E-state index in [1.54, 1.807) is 6.20 Å². The van der Waals surface area contributed by atoms with E-state index in [-0.39, 0.29) is 5.91 Å². The van der Waals surface area contributed by atoms with Crippen LogP contribution in [-0.2, 0) is 11.2 Å². The fourth-order valence-electron chi connectivity index (χ4n) is 4.17. The van der Waals surface area contributed by atoms with Crippen molar-refractivity contribution in [3.8, 4) is 0 Å². The molecule has 0 unspecified atom stereocenters. The Kier molecular flexibility index (Phi) is 5.72. The summed E-state index contributed by atoms with van der Waals surface area (Å²) in [5, 5.41) is 3.08. The molecule has 1 aromatic carbocycles. The molecule has 0 radical (unpaired) electrons. The molecule has 0 bridgehead atoms. The highest BCUT2D eigenvalue weighted by Gasteiger charge is 2.21. The summed E-state index contributed by atoms with van der Waals surface area (Å²) in [5.74, 6) is 0.659. The molecule has 0 saturated carbocycles. The highest BCUT2D eigenvalue weighted by Crippen LogP contribution is 2.26. The van der Waals surface area contributed by atoms with E-state index in [0.29, 0.717) is 18.9 Å². The van der Waals surface area contributed by atoms with Crippen LogP contribution in [0.3, 0.4) is 0 Å². The first-order valence-electron chi connectivity index (χ1n) is 10.2. The molecule has 1 amide bonds. The molecule has 1 fully saturated rings. The summed E-state index contributed by atoms with van der Waals surface area (Å²) in [5.41, 5.74) is 4.40. The summed E-state index contributed by atoms with van der Waals surface area (Å²) >= 11 is 0. The molecule has 146 valence electrons. The van der Waals surface area contributed by atoms with E-state index >= 15 is 0 Å². The number of amides is 1. The molecule has 3 aromatic rings. The molecule has 28 heavy (non-hydrogen) atoms. The van der Waals surface area contributed by atoms with E-state index in [2.05, 4.69) is 45.5 Å². The Morgan fingerprint density at radius 1 is 1.21 bits per heavy atom. The van der Waals surface area contributed by atoms with E-state index in [9.17, 15) is 4.79 Å². The lowest BCUT2D eigenvalue weighted by molar-refractivity contribution is -0.120. The molecule has 2 aromatic heterocycles. The maximum Gasteiger partial charge on any atom is 0.226 e. The lowest BCUT2D eigenvalue weighted by Crippen LogP contribution is -2.40. The number of nitrogens with one attached hydrogen (secondary N) is 1. The van der Waals surface area contributed by atoms with Crippen molar-refractivity contribution < 1.29 is 4.79 Å². The molecule has 5 nitrogen and oxygen atoms in total. The lowest BCUT2D eigenvalue weighted by atomic mass is 9.91. The smallest absolute Gasteiger partial charge is 0.226 e. The number of likely N-dealkylation sites (tertiary alicyclic amines) is 1. The molecule has 1 N–H and O–H groups in total. The number of carbonyl (C=O) groups excluding carboxylic acids is 1. The largest absolute Gasteiger partial charge is 0.354 e. The molecule has 1 aliphatic heterocycles. The van der Waals surface area contributed by atoms with Crippen molar-refractivity contribution in [2.75, 3.05) is 26.2 Å². The zero-order chi connectivity index (χ0) is 19.3. The number of benzene rings is 1. The van der Waals surface area contributed by atoms with E-state index < -0.39 is 0 Å². The summed E-state index contributed by atoms with van der Waals surface area (Å²) < 4.78 is 2.00. The van der Waals surface area contributed by atoms with Gasteiger partial charge in [0.1, 0.15) is 5.65 Å². The normalized spacial score (nSPS) is 17.7. The van der Waals surface area contributed by atoms with Gasteiger partial charge in [0.2, 0.25) is 5.91 Å². The minimum Gasteiger partial charge on any atom is -0.354 e. The van der Waals surface area contributed by atoms with Crippen molar-refractivity contribution in [2.24, 2.45) is 0 Å². The molecule has 0 aliphatic carbocycles. The Morgan fingerprint density at radius 3 is 2.93 bits per heavy atom. The first-order valence-corrected chi connectivity index (χ1v) is 10.2. The van der Waals surface area contributed by atoms with Gasteiger partial charge in [-0.15, -0.1) is 0 Å². The summed E-state index contributed by atoms with van der Waals surface area (Å²) in [6.45, 7) is 5.82. The van der Waals surface area contributed by atoms with Gasteiger partial charge in [-0.3, -0.25) is 4.79 Å². The van der Waals surface area contributed by atoms with Crippen LogP contribution in [0.5, 0.6) is 0 Å². The van der Waals surface area contributed by atoms with Crippen LogP contribution in [0, 0.1) is 6.92 Å². The fourth-order valence-corrected chi connectivity index (χ4v) is 4.17. The minimum atomic E-state index is 0.0555. The van der Waals surface area contributed by atoms with Crippen molar-refractivity contribution in [3.05, 3.63) is 71.7 Å². The lowest BCUT2D eigenvalue weighted by Gasteiger charge is -2.33. The second kappa shape index (κ2) is 8.57. The third-order valence-corrected chi connectivity index (χ3v) is 5.68. The van der Waals surface area contributed by atoms with Gasteiger partial charge in [0.15, 0.2) is 0 Å². The third kappa shape index (κ3) is 4.25. The number of hydrogen-bond donors (Lipinski definition) is 1. The number of aromatic nitrogens is 2. The van der Waals surface area contributed by atoms with Gasteiger partial charge in [0.05, 0.1) is 12.1 Å². The highest BCUT2D eigenvalue weighted by atomic mass is 16.1. The number of carbonyl (C=O) groups is 1. The summed E-state index contributed by atoms with van der Waals surface area (Å²) in [4.78, 5) is 19.3. The Labute approximate surface area is 166 Å². The molecule has 1 aliphatic rings. The van der Waals surface area contributed by atoms with Crippen LogP contribution in [0.25, 0.3) is 5.65 Å². The van der Waals surface area contributed by atoms with Gasteiger partial charge in [-0.05, 0) is 49.4 Å². The number of imidazole rings is 1. The van der Waals surface area contributed by atoms with Gasteiger partial charge < -0.3 is 14.6 Å². The van der Waals surface area contributed by atoms with Crippen molar-refractivity contribution in [2.45, 2.75) is 32.1 Å². The standard InChI is InChI=1S/C23H28N4O/c1-18-7-5-13-27-21(16-25-23(18)27)15-22(28)24-11-14-26-12-6-10-20(17-26)19-8-3-2-4-9-19/h2-5,7-9,13,16,20H,6,10-12,14-15,17H2,1H3,(H,24,28)/t20-/m1/s1. The number of aryl methyl sites for hydroxylation is 1. The zero-order valence-corrected chi connectivity index (χ0v) is 16.5. The first-order chi connectivity index (χ1) is 13.7. The molecule has 1 saturated heterocycles. The quantitative estimate of drug-likeness (QED) is 0.719. The van der Waals surface area contributed by atoms with E-state index in [0.717, 1.165) is 36.5 Å². The van der Waals surface area contributed by atoms with Gasteiger partial charge in [0, 0.05) is 32.0 Å². The third-order valence-electron chi connectivity index (χ3n) is 5.68. The topological polar surface area (TPSA) is 49.6 Å². The average Bonchev–Trinajstić information content (AvgIpc) is 3.13. The van der Waals surface area contributed by atoms with E-state index in [1.807, 2.05) is 29.7 Å². The molecule has 0 spiro atoms. The molecular weight excluding hydrogens is 348 g/mol. The van der Waals surface area contributed by atoms with Crippen LogP contribution in [0.15, 0.2) is 54.9 Å². The number of hydrogen-bond acceptors (Lipinski definition) is 3. The van der Waals surface area contributed by atoms with Gasteiger partial charge in [0.25, 0.3) is 0 Å². The zero-order valence-electron chi connectivity index (χ0n) is 16.5. The van der Waals surface area contributed by atoms with Crippen molar-refractivity contribution in [1.82, 2.24) is 19.6 Å². The van der Waals surface area contributed by atoms with Crippen molar-refractivity contribution in [1.29, 1.82) is 0 Å². The molecular formula is C23H28N4O. The Bertz CT molecular complexity index is 934. The minimum absolute atomic E-state index is 0.0555. The van der Waals surface area contributed by atoms with Crippen LogP contribution < -0.4 is 5.32 Å². The number of rotatable bonds is 6. The Hall–Kier alpha value is -2.66. The van der Waals surface area contributed by atoms with Crippen LogP contribution in [0.4, 0.5) is 0 Å². The van der Waals surface area contributed by atoms with Crippen LogP contribution in [-0.4, -0.2) is 46.4 Å². The second-order valence-electron chi connectivity index (χ2n) is 7.71. The summed E-state index contributed by atoms with van der Waals surface area (Å²) in [6, 6.07) is 14.8. The second-order valence-corrected chi connectivity index (χ2v) is 7.71. The van der Waals surface area contributed by atoms with Gasteiger partial charge in [-0.2, -0.15) is 0 Å². The van der Waals surface area contributed by atoms with Crippen LogP contribution >= 0.6 is 0 Å². The van der Waals surface area contributed by atoms with Gasteiger partial charge in [-0.1, -0.05) is 36.4 Å². The van der Waals surface area contributed by atoms with Gasteiger partial charge in [-0.25, -0.2) is 4.98 Å². The summed E-state index contributed by atoms with van der Waals surface area (Å²) in [7, 11) is 0. The van der Waals surface area contributed by atoms with Crippen molar-refractivity contribution >= 4 is 11.6 Å². The number of piperidine rings is 1. The maximum atomic E-state index is 12.4.